The summed E-state index contributed by atoms with van der Waals surface area (Å²) in [6, 6.07) is 6.63. The van der Waals surface area contributed by atoms with Crippen molar-refractivity contribution in [1.82, 2.24) is 25.3 Å². The number of primary sulfonamides is 1. The molecule has 1 aliphatic heterocycles. The zero-order valence-electron chi connectivity index (χ0n) is 18.7. The smallest absolute Gasteiger partial charge is 0.240 e. The number of nitrogens with one attached hydrogen (secondary N) is 2. The van der Waals surface area contributed by atoms with E-state index in [1.807, 2.05) is 0 Å². The van der Waals surface area contributed by atoms with Crippen LogP contribution in [0.25, 0.3) is 33.4 Å². The first-order valence-electron chi connectivity index (χ1n) is 11.0. The van der Waals surface area contributed by atoms with E-state index in [1.54, 1.807) is 12.1 Å². The van der Waals surface area contributed by atoms with Gasteiger partial charge in [0.1, 0.15) is 27.7 Å². The lowest BCUT2D eigenvalue weighted by Crippen LogP contribution is -2.35. The number of nitrogens with zero attached hydrogens (tertiary/aromatic N) is 4. The van der Waals surface area contributed by atoms with Gasteiger partial charge >= 0.3 is 0 Å². The van der Waals surface area contributed by atoms with E-state index in [9.17, 15) is 12.8 Å². The molecular formula is C23H20ClF2N7O2S. The number of sulfonamides is 1. The van der Waals surface area contributed by atoms with E-state index >= 15 is 4.39 Å². The molecule has 0 radical (unpaired) electrons. The average Bonchev–Trinajstić information content (AvgIpc) is 2.85. The standard InChI is InChI=1S/C23H20ClF2N7O2S/c24-22-14(19-15(25)1-4-18(20(19)26)36(27,34)35)9-12(10-29-22)16-2-3-17-21(33-16)23(31-11-30-17)32-13-5-7-28-8-6-13/h1-4,9-11,13,28H,5-8H2,(H2,27,34,35)(H,30,31,32). The van der Waals surface area contributed by atoms with Crippen molar-refractivity contribution in [2.45, 2.75) is 23.8 Å². The van der Waals surface area contributed by atoms with Gasteiger partial charge in [-0.15, -0.1) is 0 Å². The third-order valence-electron chi connectivity index (χ3n) is 5.93. The van der Waals surface area contributed by atoms with E-state index in [2.05, 4.69) is 30.6 Å². The molecule has 4 aromatic rings. The number of hydrogen-bond acceptors (Lipinski definition) is 8. The van der Waals surface area contributed by atoms with Gasteiger partial charge in [0.15, 0.2) is 11.6 Å². The molecule has 0 spiro atoms. The van der Waals surface area contributed by atoms with Crippen molar-refractivity contribution in [3.63, 3.8) is 0 Å². The van der Waals surface area contributed by atoms with Crippen molar-refractivity contribution in [2.24, 2.45) is 5.14 Å². The van der Waals surface area contributed by atoms with Crippen molar-refractivity contribution < 1.29 is 17.2 Å². The van der Waals surface area contributed by atoms with E-state index in [4.69, 9.17) is 16.7 Å². The maximum absolute atomic E-state index is 15.1. The van der Waals surface area contributed by atoms with Gasteiger partial charge in [-0.05, 0) is 56.3 Å². The van der Waals surface area contributed by atoms with Crippen LogP contribution in [0.5, 0.6) is 0 Å². The Hall–Kier alpha value is -3.32. The molecule has 36 heavy (non-hydrogen) atoms. The van der Waals surface area contributed by atoms with Gasteiger partial charge in [-0.1, -0.05) is 11.6 Å². The summed E-state index contributed by atoms with van der Waals surface area (Å²) >= 11 is 6.18. The maximum atomic E-state index is 15.1. The molecule has 5 rings (SSSR count). The number of halogens is 3. The lowest BCUT2D eigenvalue weighted by atomic mass is 10.0. The summed E-state index contributed by atoms with van der Waals surface area (Å²) in [4.78, 5) is 16.5. The van der Waals surface area contributed by atoms with Crippen molar-refractivity contribution >= 4 is 38.5 Å². The zero-order valence-corrected chi connectivity index (χ0v) is 20.2. The Morgan fingerprint density at radius 3 is 2.61 bits per heavy atom. The highest BCUT2D eigenvalue weighted by Gasteiger charge is 2.24. The highest BCUT2D eigenvalue weighted by Crippen LogP contribution is 2.36. The molecule has 0 unspecified atom stereocenters. The minimum atomic E-state index is -4.44. The first-order chi connectivity index (χ1) is 17.2. The molecule has 3 aromatic heterocycles. The molecule has 4 N–H and O–H groups in total. The van der Waals surface area contributed by atoms with E-state index in [0.29, 0.717) is 28.1 Å². The molecule has 0 saturated carbocycles. The Bertz CT molecular complexity index is 1580. The summed E-state index contributed by atoms with van der Waals surface area (Å²) in [5.41, 5.74) is 1.17. The summed E-state index contributed by atoms with van der Waals surface area (Å²) in [6.45, 7) is 1.80. The van der Waals surface area contributed by atoms with E-state index in [-0.39, 0.29) is 16.8 Å². The zero-order chi connectivity index (χ0) is 25.4. The van der Waals surface area contributed by atoms with Gasteiger partial charge in [-0.2, -0.15) is 0 Å². The predicted molar refractivity (Wildman–Crippen MR) is 132 cm³/mol. The maximum Gasteiger partial charge on any atom is 0.240 e. The van der Waals surface area contributed by atoms with Crippen LogP contribution in [0.4, 0.5) is 14.6 Å². The number of pyridine rings is 2. The topological polar surface area (TPSA) is 136 Å². The van der Waals surface area contributed by atoms with Crippen molar-refractivity contribution in [3.8, 4) is 22.4 Å². The number of benzene rings is 1. The lowest BCUT2D eigenvalue weighted by Gasteiger charge is -2.24. The third-order valence-corrected chi connectivity index (χ3v) is 7.16. The highest BCUT2D eigenvalue weighted by molar-refractivity contribution is 7.89. The van der Waals surface area contributed by atoms with Gasteiger partial charge in [-0.25, -0.2) is 42.3 Å². The van der Waals surface area contributed by atoms with Crippen LogP contribution in [0.15, 0.2) is 47.8 Å². The molecule has 0 bridgehead atoms. The second kappa shape index (κ2) is 9.62. The highest BCUT2D eigenvalue weighted by atomic mass is 35.5. The van der Waals surface area contributed by atoms with Crippen LogP contribution < -0.4 is 15.8 Å². The molecule has 1 aliphatic rings. The van der Waals surface area contributed by atoms with Gasteiger partial charge in [0.2, 0.25) is 10.0 Å². The predicted octanol–water partition coefficient (Wildman–Crippen LogP) is 3.50. The molecular weight excluding hydrogens is 512 g/mol. The van der Waals surface area contributed by atoms with E-state index < -0.39 is 32.1 Å². The quantitative estimate of drug-likeness (QED) is 0.333. The Kier molecular flexibility index (Phi) is 6.51. The molecule has 9 nitrogen and oxygen atoms in total. The largest absolute Gasteiger partial charge is 0.365 e. The summed E-state index contributed by atoms with van der Waals surface area (Å²) in [6.07, 6.45) is 4.73. The molecule has 186 valence electrons. The second-order valence-electron chi connectivity index (χ2n) is 8.30. The van der Waals surface area contributed by atoms with Gasteiger partial charge in [-0.3, -0.25) is 0 Å². The number of nitrogens with two attached hydrogens (primary N) is 1. The van der Waals surface area contributed by atoms with Gasteiger partial charge in [0.05, 0.1) is 16.8 Å². The van der Waals surface area contributed by atoms with E-state index in [0.717, 1.165) is 38.1 Å². The second-order valence-corrected chi connectivity index (χ2v) is 10.2. The van der Waals surface area contributed by atoms with Crippen molar-refractivity contribution in [2.75, 3.05) is 18.4 Å². The van der Waals surface area contributed by atoms with Crippen LogP contribution in [0, 0.1) is 11.6 Å². The summed E-state index contributed by atoms with van der Waals surface area (Å²) in [5, 5.41) is 11.6. The number of rotatable bonds is 5. The minimum Gasteiger partial charge on any atom is -0.365 e. The summed E-state index contributed by atoms with van der Waals surface area (Å²) in [5.74, 6) is -1.80. The molecule has 0 amide bonds. The summed E-state index contributed by atoms with van der Waals surface area (Å²) < 4.78 is 53.3. The first-order valence-corrected chi connectivity index (χ1v) is 12.9. The fraction of sp³-hybridized carbons (Fsp3) is 0.217. The lowest BCUT2D eigenvalue weighted by molar-refractivity contribution is 0.478. The number of anilines is 1. The molecule has 1 aromatic carbocycles. The fourth-order valence-corrected chi connectivity index (χ4v) is 4.94. The van der Waals surface area contributed by atoms with Crippen LogP contribution in [-0.2, 0) is 10.0 Å². The van der Waals surface area contributed by atoms with Crippen LogP contribution in [0.3, 0.4) is 0 Å². The fourth-order valence-electron chi connectivity index (χ4n) is 4.13. The Balaban J connectivity index is 1.60. The number of aromatic nitrogens is 4. The summed E-state index contributed by atoms with van der Waals surface area (Å²) in [7, 11) is -4.44. The molecule has 0 aliphatic carbocycles. The SMILES string of the molecule is NS(=O)(=O)c1ccc(F)c(-c2cc(-c3ccc4ncnc(NC5CCNCC5)c4n3)cnc2Cl)c1F. The average molecular weight is 532 g/mol. The molecule has 1 fully saturated rings. The van der Waals surface area contributed by atoms with Crippen LogP contribution in [-0.4, -0.2) is 47.5 Å². The van der Waals surface area contributed by atoms with Gasteiger partial charge < -0.3 is 10.6 Å². The Labute approximate surface area is 210 Å². The van der Waals surface area contributed by atoms with Gasteiger partial charge in [0, 0.05) is 23.4 Å². The van der Waals surface area contributed by atoms with Crippen molar-refractivity contribution in [1.29, 1.82) is 0 Å². The normalized spacial score (nSPS) is 14.8. The number of fused-ring (bicyclic) bond motifs is 1. The first kappa shape index (κ1) is 24.4. The van der Waals surface area contributed by atoms with E-state index in [1.165, 1.54) is 18.6 Å². The number of piperidine rings is 1. The number of hydrogen-bond donors (Lipinski definition) is 3. The molecule has 13 heteroatoms. The minimum absolute atomic E-state index is 0.145. The monoisotopic (exact) mass is 531 g/mol. The third kappa shape index (κ3) is 4.72. The van der Waals surface area contributed by atoms with Crippen molar-refractivity contribution in [3.05, 3.63) is 59.6 Å². The molecule has 1 saturated heterocycles. The van der Waals surface area contributed by atoms with Gasteiger partial charge in [0.25, 0.3) is 0 Å². The van der Waals surface area contributed by atoms with Crippen LogP contribution in [0.1, 0.15) is 12.8 Å². The molecule has 0 atom stereocenters. The molecule has 4 heterocycles. The van der Waals surface area contributed by atoms with Crippen LogP contribution >= 0.6 is 11.6 Å². The Morgan fingerprint density at radius 1 is 1.08 bits per heavy atom. The Morgan fingerprint density at radius 2 is 1.86 bits per heavy atom. The van der Waals surface area contributed by atoms with Crippen LogP contribution in [0.2, 0.25) is 5.15 Å².